The van der Waals surface area contributed by atoms with Gasteiger partial charge in [0.15, 0.2) is 18.0 Å². The van der Waals surface area contributed by atoms with E-state index in [1.165, 1.54) is 5.56 Å². The Morgan fingerprint density at radius 1 is 1.25 bits per heavy atom. The van der Waals surface area contributed by atoms with Gasteiger partial charge in [-0.05, 0) is 46.6 Å². The van der Waals surface area contributed by atoms with E-state index in [9.17, 15) is 0 Å². The highest BCUT2D eigenvalue weighted by molar-refractivity contribution is 9.10. The third kappa shape index (κ3) is 2.61. The molecule has 0 aliphatic heterocycles. The Morgan fingerprint density at radius 3 is 2.90 bits per heavy atom. The summed E-state index contributed by atoms with van der Waals surface area (Å²) in [5.41, 5.74) is 3.91. The Kier molecular flexibility index (Phi) is 3.57. The van der Waals surface area contributed by atoms with Gasteiger partial charge in [-0.1, -0.05) is 13.0 Å². The smallest absolute Gasteiger partial charge is 0.233 e. The van der Waals surface area contributed by atoms with Gasteiger partial charge < -0.3 is 4.42 Å². The summed E-state index contributed by atoms with van der Waals surface area (Å²) in [6.45, 7) is 5.20. The number of pyridine rings is 1. The molecule has 0 saturated heterocycles. The van der Waals surface area contributed by atoms with Crippen molar-refractivity contribution >= 4 is 27.0 Å². The molecule has 0 radical (unpaired) electrons. The van der Waals surface area contributed by atoms with E-state index in [2.05, 4.69) is 51.7 Å². The van der Waals surface area contributed by atoms with Crippen LogP contribution in [0.5, 0.6) is 0 Å². The Morgan fingerprint density at radius 2 is 2.10 bits per heavy atom. The van der Waals surface area contributed by atoms with Gasteiger partial charge in [-0.25, -0.2) is 9.55 Å². The van der Waals surface area contributed by atoms with Crippen molar-refractivity contribution in [2.24, 2.45) is 0 Å². The number of hydrogen-bond donors (Lipinski definition) is 0. The van der Waals surface area contributed by atoms with Crippen molar-refractivity contribution in [2.75, 3.05) is 0 Å². The summed E-state index contributed by atoms with van der Waals surface area (Å²) in [6.07, 6.45) is 5.24. The minimum Gasteiger partial charge on any atom is -0.436 e. The lowest BCUT2D eigenvalue weighted by molar-refractivity contribution is -0.697. The number of aromatic nitrogens is 2. The van der Waals surface area contributed by atoms with E-state index < -0.39 is 0 Å². The summed E-state index contributed by atoms with van der Waals surface area (Å²) in [7, 11) is 0. The van der Waals surface area contributed by atoms with Crippen molar-refractivity contribution in [1.29, 1.82) is 0 Å². The Balaban J connectivity index is 2.10. The van der Waals surface area contributed by atoms with Crippen LogP contribution in [-0.4, -0.2) is 4.98 Å². The van der Waals surface area contributed by atoms with E-state index in [-0.39, 0.29) is 0 Å². The van der Waals surface area contributed by atoms with E-state index in [0.29, 0.717) is 5.89 Å². The predicted octanol–water partition coefficient (Wildman–Crippen LogP) is 4.26. The molecule has 3 nitrogen and oxygen atoms in total. The summed E-state index contributed by atoms with van der Waals surface area (Å²) >= 11 is 3.55. The highest BCUT2D eigenvalue weighted by Crippen LogP contribution is 2.25. The zero-order chi connectivity index (χ0) is 14.1. The van der Waals surface area contributed by atoms with Crippen LogP contribution < -0.4 is 4.57 Å². The van der Waals surface area contributed by atoms with Gasteiger partial charge >= 0.3 is 0 Å². The van der Waals surface area contributed by atoms with Crippen LogP contribution in [0.25, 0.3) is 22.6 Å². The number of aryl methyl sites for hydroxylation is 2. The van der Waals surface area contributed by atoms with Gasteiger partial charge in [-0.15, -0.1) is 0 Å². The fraction of sp³-hybridized carbons (Fsp3) is 0.250. The fourth-order valence-electron chi connectivity index (χ4n) is 2.26. The summed E-state index contributed by atoms with van der Waals surface area (Å²) in [4.78, 5) is 4.59. The minimum absolute atomic E-state index is 0.664. The highest BCUT2D eigenvalue weighted by Gasteiger charge is 2.13. The molecule has 20 heavy (non-hydrogen) atoms. The van der Waals surface area contributed by atoms with E-state index >= 15 is 0 Å². The molecule has 3 aromatic rings. The van der Waals surface area contributed by atoms with Gasteiger partial charge in [0.2, 0.25) is 5.89 Å². The maximum atomic E-state index is 5.85. The molecular weight excluding hydrogens is 316 g/mol. The van der Waals surface area contributed by atoms with Crippen molar-refractivity contribution in [3.05, 3.63) is 46.7 Å². The first-order valence-electron chi connectivity index (χ1n) is 6.73. The minimum atomic E-state index is 0.664. The molecule has 4 heteroatoms. The van der Waals surface area contributed by atoms with E-state index in [1.54, 1.807) is 0 Å². The molecule has 0 unspecified atom stereocenters. The number of nitrogens with zero attached hydrogens (tertiary/aromatic N) is 2. The van der Waals surface area contributed by atoms with Crippen LogP contribution in [-0.2, 0) is 6.54 Å². The lowest BCUT2D eigenvalue weighted by atomic mass is 10.2. The van der Waals surface area contributed by atoms with Crippen LogP contribution in [0.2, 0.25) is 0 Å². The number of oxazole rings is 1. The van der Waals surface area contributed by atoms with Crippen molar-refractivity contribution < 1.29 is 8.98 Å². The molecule has 0 aliphatic rings. The summed E-state index contributed by atoms with van der Waals surface area (Å²) in [5.74, 6) is 0.664. The standard InChI is InChI=1S/C16H16BrN2O/c1-3-6-19-9-12(8-13(17)10-19)16-18-14-7-11(2)4-5-15(14)20-16/h4-5,7-10H,3,6H2,1-2H3/q+1. The van der Waals surface area contributed by atoms with Gasteiger partial charge in [0, 0.05) is 6.42 Å². The van der Waals surface area contributed by atoms with Crippen molar-refractivity contribution in [3.63, 3.8) is 0 Å². The second kappa shape index (κ2) is 5.37. The lowest BCUT2D eigenvalue weighted by Crippen LogP contribution is -2.32. The molecule has 2 aromatic heterocycles. The first kappa shape index (κ1) is 13.3. The second-order valence-electron chi connectivity index (χ2n) is 4.97. The number of fused-ring (bicyclic) bond motifs is 1. The fourth-order valence-corrected chi connectivity index (χ4v) is 2.77. The monoisotopic (exact) mass is 331 g/mol. The summed E-state index contributed by atoms with van der Waals surface area (Å²) in [5, 5.41) is 0. The van der Waals surface area contributed by atoms with E-state index in [1.807, 2.05) is 24.3 Å². The van der Waals surface area contributed by atoms with Gasteiger partial charge in [0.05, 0.1) is 4.47 Å². The molecule has 0 atom stereocenters. The predicted molar refractivity (Wildman–Crippen MR) is 82.4 cm³/mol. The van der Waals surface area contributed by atoms with Crippen LogP contribution in [0.4, 0.5) is 0 Å². The van der Waals surface area contributed by atoms with Crippen LogP contribution in [0, 0.1) is 6.92 Å². The van der Waals surface area contributed by atoms with Gasteiger partial charge in [0.25, 0.3) is 0 Å². The normalized spacial score (nSPS) is 11.2. The van der Waals surface area contributed by atoms with Crippen LogP contribution >= 0.6 is 15.9 Å². The number of hydrogen-bond acceptors (Lipinski definition) is 2. The molecule has 0 fully saturated rings. The summed E-state index contributed by atoms with van der Waals surface area (Å²) < 4.78 is 9.03. The molecule has 1 aromatic carbocycles. The molecule has 0 bridgehead atoms. The maximum absolute atomic E-state index is 5.85. The zero-order valence-electron chi connectivity index (χ0n) is 11.6. The Bertz CT molecular complexity index is 764. The molecule has 0 N–H and O–H groups in total. The van der Waals surface area contributed by atoms with Crippen LogP contribution in [0.1, 0.15) is 18.9 Å². The Hall–Kier alpha value is -1.68. The van der Waals surface area contributed by atoms with E-state index in [4.69, 9.17) is 4.42 Å². The number of rotatable bonds is 3. The van der Waals surface area contributed by atoms with Crippen molar-refractivity contribution in [2.45, 2.75) is 26.8 Å². The molecule has 0 amide bonds. The topological polar surface area (TPSA) is 29.9 Å². The van der Waals surface area contributed by atoms with Crippen molar-refractivity contribution in [1.82, 2.24) is 4.98 Å². The third-order valence-electron chi connectivity index (χ3n) is 3.16. The molecule has 102 valence electrons. The summed E-state index contributed by atoms with van der Waals surface area (Å²) in [6, 6.07) is 8.08. The maximum Gasteiger partial charge on any atom is 0.233 e. The average molecular weight is 332 g/mol. The van der Waals surface area contributed by atoms with Crippen LogP contribution in [0.3, 0.4) is 0 Å². The molecule has 0 saturated carbocycles. The van der Waals surface area contributed by atoms with Gasteiger partial charge in [-0.3, -0.25) is 0 Å². The van der Waals surface area contributed by atoms with Crippen molar-refractivity contribution in [3.8, 4) is 11.5 Å². The molecule has 2 heterocycles. The average Bonchev–Trinajstić information content (AvgIpc) is 2.81. The molecule has 0 spiro atoms. The largest absolute Gasteiger partial charge is 0.436 e. The second-order valence-corrected chi connectivity index (χ2v) is 5.89. The highest BCUT2D eigenvalue weighted by atomic mass is 79.9. The molecular formula is C16H16BrN2O+. The number of halogens is 1. The lowest BCUT2D eigenvalue weighted by Gasteiger charge is -1.98. The quantitative estimate of drug-likeness (QED) is 0.671. The zero-order valence-corrected chi connectivity index (χ0v) is 13.1. The molecule has 0 aliphatic carbocycles. The van der Waals surface area contributed by atoms with Gasteiger partial charge in [0.1, 0.15) is 17.6 Å². The third-order valence-corrected chi connectivity index (χ3v) is 3.59. The first-order valence-corrected chi connectivity index (χ1v) is 7.52. The van der Waals surface area contributed by atoms with E-state index in [0.717, 1.165) is 34.1 Å². The van der Waals surface area contributed by atoms with Gasteiger partial charge in [-0.2, -0.15) is 0 Å². The molecule has 3 rings (SSSR count). The Labute approximate surface area is 126 Å². The SMILES string of the molecule is CCC[n+]1cc(Br)cc(-c2nc3cc(C)ccc3o2)c1. The first-order chi connectivity index (χ1) is 9.65. The number of benzene rings is 1. The van der Waals surface area contributed by atoms with Crippen LogP contribution in [0.15, 0.2) is 45.5 Å².